The molecule has 0 saturated carbocycles. The Hall–Kier alpha value is -1.22. The Kier molecular flexibility index (Phi) is 4.35. The molecular formula is C16H20O2S. The van der Waals surface area contributed by atoms with E-state index in [1.54, 1.807) is 0 Å². The van der Waals surface area contributed by atoms with Crippen LogP contribution in [0.4, 0.5) is 0 Å². The second kappa shape index (κ2) is 5.83. The zero-order valence-corrected chi connectivity index (χ0v) is 12.5. The predicted molar refractivity (Wildman–Crippen MR) is 80.1 cm³/mol. The Balaban J connectivity index is 1.97. The van der Waals surface area contributed by atoms with Gasteiger partial charge in [0.25, 0.3) is 0 Å². The van der Waals surface area contributed by atoms with E-state index < -0.39 is 0 Å². The summed E-state index contributed by atoms with van der Waals surface area (Å²) in [6.07, 6.45) is 2.56. The van der Waals surface area contributed by atoms with Crippen molar-refractivity contribution in [1.82, 2.24) is 0 Å². The van der Waals surface area contributed by atoms with Crippen LogP contribution in [0, 0.1) is 0 Å². The van der Waals surface area contributed by atoms with Gasteiger partial charge in [0.15, 0.2) is 0 Å². The number of benzene rings is 1. The highest BCUT2D eigenvalue weighted by Gasteiger charge is 2.39. The van der Waals surface area contributed by atoms with Crippen LogP contribution in [0.2, 0.25) is 0 Å². The number of rotatable bonds is 4. The molecule has 1 saturated heterocycles. The van der Waals surface area contributed by atoms with Crippen LogP contribution >= 0.6 is 11.8 Å². The molecule has 19 heavy (non-hydrogen) atoms. The van der Waals surface area contributed by atoms with Crippen LogP contribution < -0.4 is 0 Å². The highest BCUT2D eigenvalue weighted by Crippen LogP contribution is 2.38. The summed E-state index contributed by atoms with van der Waals surface area (Å²) in [4.78, 5) is 11.6. The van der Waals surface area contributed by atoms with Gasteiger partial charge in [-0.05, 0) is 26.3 Å². The summed E-state index contributed by atoms with van der Waals surface area (Å²) >= 11 is 1.84. The molecule has 3 heteroatoms. The normalized spacial score (nSPS) is 21.7. The Morgan fingerprint density at radius 1 is 1.37 bits per heavy atom. The number of hydrogen-bond donors (Lipinski definition) is 0. The third-order valence-electron chi connectivity index (χ3n) is 3.49. The fourth-order valence-electron chi connectivity index (χ4n) is 2.09. The van der Waals surface area contributed by atoms with Crippen molar-refractivity contribution in [3.05, 3.63) is 47.5 Å². The zero-order valence-electron chi connectivity index (χ0n) is 11.7. The highest BCUT2D eigenvalue weighted by atomic mass is 32.2. The lowest BCUT2D eigenvalue weighted by molar-refractivity contribution is -0.139. The molecule has 1 unspecified atom stereocenters. The molecule has 0 spiro atoms. The van der Waals surface area contributed by atoms with Crippen molar-refractivity contribution in [2.45, 2.75) is 43.8 Å². The van der Waals surface area contributed by atoms with E-state index in [1.165, 1.54) is 5.56 Å². The SMILES string of the molecule is CC=C1CC(C(C)(C)SCc2ccccc2)OC1=O. The number of hydrogen-bond acceptors (Lipinski definition) is 3. The van der Waals surface area contributed by atoms with Gasteiger partial charge in [0.1, 0.15) is 6.10 Å². The van der Waals surface area contributed by atoms with Gasteiger partial charge in [0.05, 0.1) is 0 Å². The molecule has 0 amide bonds. The zero-order chi connectivity index (χ0) is 13.9. The van der Waals surface area contributed by atoms with Gasteiger partial charge in [-0.1, -0.05) is 36.4 Å². The summed E-state index contributed by atoms with van der Waals surface area (Å²) in [7, 11) is 0. The van der Waals surface area contributed by atoms with Gasteiger partial charge in [0, 0.05) is 22.5 Å². The number of esters is 1. The van der Waals surface area contributed by atoms with Crippen molar-refractivity contribution in [3.8, 4) is 0 Å². The molecular weight excluding hydrogens is 256 g/mol. The van der Waals surface area contributed by atoms with Gasteiger partial charge in [-0.25, -0.2) is 4.79 Å². The lowest BCUT2D eigenvalue weighted by Gasteiger charge is -2.29. The Morgan fingerprint density at radius 2 is 2.05 bits per heavy atom. The Bertz CT molecular complexity index is 477. The highest BCUT2D eigenvalue weighted by molar-refractivity contribution is 7.99. The molecule has 1 aliphatic rings. The first-order valence-electron chi connectivity index (χ1n) is 6.57. The van der Waals surface area contributed by atoms with Crippen molar-refractivity contribution < 1.29 is 9.53 Å². The quantitative estimate of drug-likeness (QED) is 0.615. The van der Waals surface area contributed by atoms with E-state index in [1.807, 2.05) is 30.8 Å². The molecule has 0 aromatic heterocycles. The van der Waals surface area contributed by atoms with Crippen LogP contribution in [-0.4, -0.2) is 16.8 Å². The van der Waals surface area contributed by atoms with Crippen LogP contribution in [0.15, 0.2) is 42.0 Å². The standard InChI is InChI=1S/C16H20O2S/c1-4-13-10-14(18-15(13)17)16(2,3)19-11-12-8-6-5-7-9-12/h4-9,14H,10-11H2,1-3H3. The van der Waals surface area contributed by atoms with Crippen LogP contribution in [0.3, 0.4) is 0 Å². The summed E-state index contributed by atoms with van der Waals surface area (Å²) in [5.74, 6) is 0.786. The van der Waals surface area contributed by atoms with Crippen molar-refractivity contribution >= 4 is 17.7 Å². The van der Waals surface area contributed by atoms with Crippen molar-refractivity contribution in [1.29, 1.82) is 0 Å². The van der Waals surface area contributed by atoms with Gasteiger partial charge < -0.3 is 4.74 Å². The first-order valence-corrected chi connectivity index (χ1v) is 7.55. The number of ether oxygens (including phenoxy) is 1. The fourth-order valence-corrected chi connectivity index (χ4v) is 3.14. The Morgan fingerprint density at radius 3 is 2.63 bits per heavy atom. The third-order valence-corrected chi connectivity index (χ3v) is 4.98. The number of allylic oxidation sites excluding steroid dienone is 1. The summed E-state index contributed by atoms with van der Waals surface area (Å²) in [5, 5.41) is 0. The van der Waals surface area contributed by atoms with E-state index in [4.69, 9.17) is 4.74 Å². The second-order valence-corrected chi connectivity index (χ2v) is 6.92. The van der Waals surface area contributed by atoms with Gasteiger partial charge in [-0.15, -0.1) is 11.8 Å². The van der Waals surface area contributed by atoms with Crippen molar-refractivity contribution in [2.24, 2.45) is 0 Å². The molecule has 1 aliphatic heterocycles. The first kappa shape index (κ1) is 14.2. The molecule has 2 rings (SSSR count). The summed E-state index contributed by atoms with van der Waals surface area (Å²) < 4.78 is 5.42. The maximum Gasteiger partial charge on any atom is 0.334 e. The predicted octanol–water partition coefficient (Wildman–Crippen LogP) is 3.96. The fraction of sp³-hybridized carbons (Fsp3) is 0.438. The van der Waals surface area contributed by atoms with Crippen molar-refractivity contribution in [3.63, 3.8) is 0 Å². The number of cyclic esters (lactones) is 1. The minimum Gasteiger partial charge on any atom is -0.457 e. The molecule has 0 radical (unpaired) electrons. The number of carbonyl (C=O) groups is 1. The molecule has 1 heterocycles. The Labute approximate surface area is 119 Å². The first-order chi connectivity index (χ1) is 9.03. The molecule has 0 bridgehead atoms. The van der Waals surface area contributed by atoms with E-state index in [9.17, 15) is 4.79 Å². The molecule has 0 aliphatic carbocycles. The van der Waals surface area contributed by atoms with E-state index in [0.29, 0.717) is 0 Å². The largest absolute Gasteiger partial charge is 0.457 e. The molecule has 2 nitrogen and oxygen atoms in total. The topological polar surface area (TPSA) is 26.3 Å². The average molecular weight is 276 g/mol. The lowest BCUT2D eigenvalue weighted by Crippen LogP contribution is -2.32. The molecule has 1 aromatic carbocycles. The summed E-state index contributed by atoms with van der Waals surface area (Å²) in [6, 6.07) is 10.4. The van der Waals surface area contributed by atoms with Gasteiger partial charge in [-0.2, -0.15) is 0 Å². The van der Waals surface area contributed by atoms with Gasteiger partial charge in [-0.3, -0.25) is 0 Å². The van der Waals surface area contributed by atoms with Gasteiger partial charge >= 0.3 is 5.97 Å². The minimum atomic E-state index is -0.152. The number of carbonyl (C=O) groups excluding carboxylic acids is 1. The minimum absolute atomic E-state index is 0.0279. The molecule has 1 fully saturated rings. The lowest BCUT2D eigenvalue weighted by atomic mass is 10.0. The molecule has 0 N–H and O–H groups in total. The second-order valence-electron chi connectivity index (χ2n) is 5.29. The molecule has 102 valence electrons. The maximum absolute atomic E-state index is 11.6. The van der Waals surface area contributed by atoms with E-state index in [-0.39, 0.29) is 16.8 Å². The van der Waals surface area contributed by atoms with E-state index in [0.717, 1.165) is 17.7 Å². The summed E-state index contributed by atoms with van der Waals surface area (Å²) in [5.41, 5.74) is 2.11. The van der Waals surface area contributed by atoms with Crippen LogP contribution in [0.25, 0.3) is 0 Å². The van der Waals surface area contributed by atoms with Crippen molar-refractivity contribution in [2.75, 3.05) is 0 Å². The molecule has 1 aromatic rings. The van der Waals surface area contributed by atoms with Crippen LogP contribution in [0.5, 0.6) is 0 Å². The monoisotopic (exact) mass is 276 g/mol. The van der Waals surface area contributed by atoms with Crippen LogP contribution in [-0.2, 0) is 15.3 Å². The van der Waals surface area contributed by atoms with Crippen LogP contribution in [0.1, 0.15) is 32.8 Å². The number of thioether (sulfide) groups is 1. The maximum atomic E-state index is 11.6. The third kappa shape index (κ3) is 3.41. The molecule has 1 atom stereocenters. The smallest absolute Gasteiger partial charge is 0.334 e. The van der Waals surface area contributed by atoms with E-state index >= 15 is 0 Å². The van der Waals surface area contributed by atoms with E-state index in [2.05, 4.69) is 38.1 Å². The van der Waals surface area contributed by atoms with Gasteiger partial charge in [0.2, 0.25) is 0 Å². The average Bonchev–Trinajstić information content (AvgIpc) is 2.80. The summed E-state index contributed by atoms with van der Waals surface area (Å²) in [6.45, 7) is 6.19.